The van der Waals surface area contributed by atoms with Crippen molar-refractivity contribution in [2.75, 3.05) is 13.2 Å². The summed E-state index contributed by atoms with van der Waals surface area (Å²) >= 11 is 11.7. The monoisotopic (exact) mass is 246 g/mol. The van der Waals surface area contributed by atoms with Crippen LogP contribution in [0.3, 0.4) is 0 Å². The number of carbonyl (C=O) groups is 1. The molecule has 2 nitrogen and oxygen atoms in total. The average Bonchev–Trinajstić information content (AvgIpc) is 2.19. The van der Waals surface area contributed by atoms with Crippen molar-refractivity contribution in [2.45, 2.75) is 13.3 Å². The minimum absolute atomic E-state index is 0.0149. The van der Waals surface area contributed by atoms with Gasteiger partial charge in [-0.3, -0.25) is 4.79 Å². The van der Waals surface area contributed by atoms with Gasteiger partial charge in [0.25, 0.3) is 0 Å². The van der Waals surface area contributed by atoms with Crippen LogP contribution in [0.5, 0.6) is 0 Å². The Kier molecular flexibility index (Phi) is 5.09. The van der Waals surface area contributed by atoms with Crippen molar-refractivity contribution in [1.82, 2.24) is 0 Å². The van der Waals surface area contributed by atoms with Gasteiger partial charge < -0.3 is 4.74 Å². The van der Waals surface area contributed by atoms with Crippen molar-refractivity contribution in [2.24, 2.45) is 0 Å². The SMILES string of the molecule is CCOCC(=O)Cc1ccc(Cl)cc1Cl. The quantitative estimate of drug-likeness (QED) is 0.798. The lowest BCUT2D eigenvalue weighted by molar-refractivity contribution is -0.122. The fourth-order valence-electron chi connectivity index (χ4n) is 1.14. The first-order chi connectivity index (χ1) is 7.13. The molecule has 0 heterocycles. The molecule has 1 aromatic rings. The number of hydrogen-bond donors (Lipinski definition) is 0. The summed E-state index contributed by atoms with van der Waals surface area (Å²) in [7, 11) is 0. The highest BCUT2D eigenvalue weighted by atomic mass is 35.5. The molecule has 0 bridgehead atoms. The average molecular weight is 247 g/mol. The molecule has 15 heavy (non-hydrogen) atoms. The van der Waals surface area contributed by atoms with Crippen LogP contribution in [-0.4, -0.2) is 19.0 Å². The number of hydrogen-bond acceptors (Lipinski definition) is 2. The minimum Gasteiger partial charge on any atom is -0.374 e. The summed E-state index contributed by atoms with van der Waals surface area (Å²) in [6.07, 6.45) is 0.288. The number of halogens is 2. The zero-order valence-corrected chi connectivity index (χ0v) is 9.94. The molecule has 0 unspecified atom stereocenters. The van der Waals surface area contributed by atoms with Gasteiger partial charge in [0, 0.05) is 23.1 Å². The lowest BCUT2D eigenvalue weighted by Crippen LogP contribution is -2.11. The predicted molar refractivity (Wildman–Crippen MR) is 61.7 cm³/mol. The topological polar surface area (TPSA) is 26.3 Å². The van der Waals surface area contributed by atoms with E-state index in [1.165, 1.54) is 0 Å². The molecular formula is C11H12Cl2O2. The van der Waals surface area contributed by atoms with Gasteiger partial charge in [0.05, 0.1) is 0 Å². The van der Waals surface area contributed by atoms with Gasteiger partial charge in [-0.25, -0.2) is 0 Å². The second-order valence-corrected chi connectivity index (χ2v) is 3.93. The molecular weight excluding hydrogens is 235 g/mol. The van der Waals surface area contributed by atoms with Crippen LogP contribution in [0.2, 0.25) is 10.0 Å². The second-order valence-electron chi connectivity index (χ2n) is 3.09. The minimum atomic E-state index is 0.0149. The van der Waals surface area contributed by atoms with Crippen molar-refractivity contribution < 1.29 is 9.53 Å². The normalized spacial score (nSPS) is 10.3. The number of Topliss-reactive ketones (excluding diaryl/α,β-unsaturated/α-hetero) is 1. The highest BCUT2D eigenvalue weighted by Crippen LogP contribution is 2.21. The van der Waals surface area contributed by atoms with E-state index in [0.717, 1.165) is 5.56 Å². The third kappa shape index (κ3) is 4.20. The number of benzene rings is 1. The number of ketones is 1. The Morgan fingerprint density at radius 1 is 1.40 bits per heavy atom. The molecule has 1 aromatic carbocycles. The summed E-state index contributed by atoms with van der Waals surface area (Å²) in [5.74, 6) is 0.0149. The smallest absolute Gasteiger partial charge is 0.162 e. The van der Waals surface area contributed by atoms with E-state index in [9.17, 15) is 4.79 Å². The van der Waals surface area contributed by atoms with Crippen molar-refractivity contribution in [1.29, 1.82) is 0 Å². The first-order valence-corrected chi connectivity index (χ1v) is 5.42. The lowest BCUT2D eigenvalue weighted by atomic mass is 10.1. The van der Waals surface area contributed by atoms with Gasteiger partial charge >= 0.3 is 0 Å². The largest absolute Gasteiger partial charge is 0.374 e. The fourth-order valence-corrected chi connectivity index (χ4v) is 1.62. The van der Waals surface area contributed by atoms with Crippen molar-refractivity contribution in [3.05, 3.63) is 33.8 Å². The predicted octanol–water partition coefficient (Wildman–Crippen LogP) is 3.14. The molecule has 0 N–H and O–H groups in total. The molecule has 0 radical (unpaired) electrons. The van der Waals surface area contributed by atoms with Gasteiger partial charge in [-0.05, 0) is 24.6 Å². The van der Waals surface area contributed by atoms with E-state index < -0.39 is 0 Å². The fraction of sp³-hybridized carbons (Fsp3) is 0.364. The van der Waals surface area contributed by atoms with Crippen LogP contribution in [0.15, 0.2) is 18.2 Å². The van der Waals surface area contributed by atoms with Gasteiger partial charge in [0.15, 0.2) is 5.78 Å². The van der Waals surface area contributed by atoms with Crippen molar-refractivity contribution in [3.63, 3.8) is 0 Å². The van der Waals surface area contributed by atoms with Crippen molar-refractivity contribution >= 4 is 29.0 Å². The van der Waals surface area contributed by atoms with Gasteiger partial charge in [-0.15, -0.1) is 0 Å². The molecule has 0 aliphatic carbocycles. The molecule has 1 rings (SSSR count). The first kappa shape index (κ1) is 12.5. The molecule has 4 heteroatoms. The van der Waals surface area contributed by atoms with E-state index in [-0.39, 0.29) is 18.8 Å². The number of carbonyl (C=O) groups excluding carboxylic acids is 1. The van der Waals surface area contributed by atoms with E-state index in [1.807, 2.05) is 6.92 Å². The number of rotatable bonds is 5. The van der Waals surface area contributed by atoms with Crippen LogP contribution in [0, 0.1) is 0 Å². The molecule has 0 aromatic heterocycles. The Morgan fingerprint density at radius 3 is 2.73 bits per heavy atom. The Bertz CT molecular complexity index is 350. The van der Waals surface area contributed by atoms with Gasteiger partial charge in [-0.2, -0.15) is 0 Å². The molecule has 0 atom stereocenters. The molecule has 0 aliphatic heterocycles. The summed E-state index contributed by atoms with van der Waals surface area (Å²) in [5, 5.41) is 1.09. The van der Waals surface area contributed by atoms with Crippen molar-refractivity contribution in [3.8, 4) is 0 Å². The van der Waals surface area contributed by atoms with Crippen LogP contribution >= 0.6 is 23.2 Å². The second kappa shape index (κ2) is 6.11. The van der Waals surface area contributed by atoms with Crippen LogP contribution in [0.4, 0.5) is 0 Å². The summed E-state index contributed by atoms with van der Waals surface area (Å²) in [6, 6.07) is 5.11. The third-order valence-electron chi connectivity index (χ3n) is 1.87. The Balaban J connectivity index is 2.60. The Morgan fingerprint density at radius 2 is 2.13 bits per heavy atom. The molecule has 0 aliphatic rings. The maximum atomic E-state index is 11.4. The highest BCUT2D eigenvalue weighted by molar-refractivity contribution is 6.35. The van der Waals surface area contributed by atoms with Crippen LogP contribution in [-0.2, 0) is 16.0 Å². The van der Waals surface area contributed by atoms with E-state index >= 15 is 0 Å². The molecule has 0 saturated heterocycles. The standard InChI is InChI=1S/C11H12Cl2O2/c1-2-15-7-10(14)5-8-3-4-9(12)6-11(8)13/h3-4,6H,2,5,7H2,1H3. The molecule has 0 amide bonds. The zero-order valence-electron chi connectivity index (χ0n) is 8.43. The van der Waals surface area contributed by atoms with Gasteiger partial charge in [-0.1, -0.05) is 29.3 Å². The zero-order chi connectivity index (χ0) is 11.3. The molecule has 0 fully saturated rings. The molecule has 0 saturated carbocycles. The molecule has 82 valence electrons. The number of ether oxygens (including phenoxy) is 1. The van der Waals surface area contributed by atoms with E-state index in [0.29, 0.717) is 16.7 Å². The Labute approximate surface area is 99.1 Å². The Hall–Kier alpha value is -0.570. The summed E-state index contributed by atoms with van der Waals surface area (Å²) < 4.78 is 5.01. The van der Waals surface area contributed by atoms with Crippen LogP contribution < -0.4 is 0 Å². The summed E-state index contributed by atoms with van der Waals surface area (Å²) in [5.41, 5.74) is 0.783. The lowest BCUT2D eigenvalue weighted by Gasteiger charge is -2.04. The van der Waals surface area contributed by atoms with Crippen LogP contribution in [0.25, 0.3) is 0 Å². The van der Waals surface area contributed by atoms with Gasteiger partial charge in [0.2, 0.25) is 0 Å². The summed E-state index contributed by atoms with van der Waals surface area (Å²) in [6.45, 7) is 2.53. The van der Waals surface area contributed by atoms with Gasteiger partial charge in [0.1, 0.15) is 6.61 Å². The van der Waals surface area contributed by atoms with Crippen LogP contribution in [0.1, 0.15) is 12.5 Å². The maximum Gasteiger partial charge on any atom is 0.162 e. The summed E-state index contributed by atoms with van der Waals surface area (Å²) in [4.78, 5) is 11.4. The van der Waals surface area contributed by atoms with E-state index in [1.54, 1.807) is 18.2 Å². The highest BCUT2D eigenvalue weighted by Gasteiger charge is 2.07. The first-order valence-electron chi connectivity index (χ1n) is 4.67. The van der Waals surface area contributed by atoms with E-state index in [4.69, 9.17) is 27.9 Å². The molecule has 0 spiro atoms. The third-order valence-corrected chi connectivity index (χ3v) is 2.46. The maximum absolute atomic E-state index is 11.4. The van der Waals surface area contributed by atoms with E-state index in [2.05, 4.69) is 0 Å².